The Morgan fingerprint density at radius 2 is 1.86 bits per heavy atom. The fourth-order valence-electron chi connectivity index (χ4n) is 4.28. The highest BCUT2D eigenvalue weighted by Gasteiger charge is 2.38. The Kier molecular flexibility index (Phi) is 5.20. The minimum absolute atomic E-state index is 0.00895. The second kappa shape index (κ2) is 6.95. The van der Waals surface area contributed by atoms with Crippen molar-refractivity contribution >= 4 is 0 Å². The minimum Gasteiger partial charge on any atom is -0.396 e. The lowest BCUT2D eigenvalue weighted by Crippen LogP contribution is -2.56. The van der Waals surface area contributed by atoms with E-state index in [1.165, 1.54) is 51.6 Å². The Balaban J connectivity index is 1.40. The fourth-order valence-corrected chi connectivity index (χ4v) is 4.28. The van der Waals surface area contributed by atoms with Crippen molar-refractivity contribution in [3.8, 4) is 0 Å². The van der Waals surface area contributed by atoms with Gasteiger partial charge >= 0.3 is 0 Å². The van der Waals surface area contributed by atoms with E-state index in [0.29, 0.717) is 6.04 Å². The number of nitrogens with one attached hydrogen (secondary N) is 1. The number of hydrogen-bond donors (Lipinski definition) is 2. The maximum atomic E-state index is 9.48. The van der Waals surface area contributed by atoms with Crippen molar-refractivity contribution in [2.75, 3.05) is 39.5 Å². The summed E-state index contributed by atoms with van der Waals surface area (Å²) in [6.07, 6.45) is 8.19. The normalized spacial score (nSPS) is 34.6. The summed E-state index contributed by atoms with van der Waals surface area (Å²) in [5.41, 5.74) is 0.00895. The minimum atomic E-state index is 0.00895. The van der Waals surface area contributed by atoms with Crippen LogP contribution in [0.2, 0.25) is 0 Å². The van der Waals surface area contributed by atoms with Crippen LogP contribution in [-0.2, 0) is 4.74 Å². The Labute approximate surface area is 129 Å². The predicted molar refractivity (Wildman–Crippen MR) is 84.4 cm³/mol. The average molecular weight is 296 g/mol. The van der Waals surface area contributed by atoms with Crippen LogP contribution in [0, 0.1) is 11.3 Å². The molecular formula is C17H32N2O2. The van der Waals surface area contributed by atoms with Crippen molar-refractivity contribution in [3.63, 3.8) is 0 Å². The molecule has 3 rings (SSSR count). The predicted octanol–water partition coefficient (Wildman–Crippen LogP) is 1.63. The highest BCUT2D eigenvalue weighted by Crippen LogP contribution is 2.30. The summed E-state index contributed by atoms with van der Waals surface area (Å²) in [7, 11) is 0. The summed E-state index contributed by atoms with van der Waals surface area (Å²) in [6.45, 7) is 7.52. The van der Waals surface area contributed by atoms with Gasteiger partial charge in [-0.1, -0.05) is 19.8 Å². The van der Waals surface area contributed by atoms with Gasteiger partial charge in [-0.05, 0) is 44.7 Å². The maximum absolute atomic E-state index is 9.48. The quantitative estimate of drug-likeness (QED) is 0.809. The zero-order valence-corrected chi connectivity index (χ0v) is 13.5. The van der Waals surface area contributed by atoms with Gasteiger partial charge in [0.2, 0.25) is 0 Å². The van der Waals surface area contributed by atoms with E-state index >= 15 is 0 Å². The van der Waals surface area contributed by atoms with E-state index in [1.807, 2.05) is 0 Å². The van der Waals surface area contributed by atoms with Gasteiger partial charge < -0.3 is 20.1 Å². The number of ether oxygens (including phenoxy) is 1. The van der Waals surface area contributed by atoms with E-state index in [9.17, 15) is 5.11 Å². The van der Waals surface area contributed by atoms with E-state index < -0.39 is 0 Å². The Bertz CT molecular complexity index is 319. The van der Waals surface area contributed by atoms with Crippen molar-refractivity contribution in [2.45, 2.75) is 57.5 Å². The molecule has 4 nitrogen and oxygen atoms in total. The van der Waals surface area contributed by atoms with E-state index in [-0.39, 0.29) is 12.0 Å². The smallest absolute Gasteiger partial charge is 0.0579 e. The first kappa shape index (κ1) is 15.7. The lowest BCUT2D eigenvalue weighted by molar-refractivity contribution is -0.135. The van der Waals surface area contributed by atoms with Gasteiger partial charge in [-0.3, -0.25) is 0 Å². The van der Waals surface area contributed by atoms with Crippen LogP contribution in [0.15, 0.2) is 0 Å². The molecule has 2 unspecified atom stereocenters. The summed E-state index contributed by atoms with van der Waals surface area (Å²) in [4.78, 5) is 2.75. The molecule has 0 bridgehead atoms. The van der Waals surface area contributed by atoms with Crippen LogP contribution in [0.5, 0.6) is 0 Å². The van der Waals surface area contributed by atoms with Gasteiger partial charge in [0.1, 0.15) is 0 Å². The van der Waals surface area contributed by atoms with Crippen molar-refractivity contribution in [1.82, 2.24) is 10.2 Å². The molecule has 0 aromatic heterocycles. The van der Waals surface area contributed by atoms with E-state index in [4.69, 9.17) is 4.74 Å². The first-order chi connectivity index (χ1) is 10.2. The first-order valence-corrected chi connectivity index (χ1v) is 8.88. The molecule has 2 N–H and O–H groups in total. The van der Waals surface area contributed by atoms with Crippen molar-refractivity contribution in [2.24, 2.45) is 11.3 Å². The fraction of sp³-hybridized carbons (Fsp3) is 1.00. The van der Waals surface area contributed by atoms with E-state index in [2.05, 4.69) is 17.1 Å². The Morgan fingerprint density at radius 3 is 2.43 bits per heavy atom. The van der Waals surface area contributed by atoms with Crippen LogP contribution >= 0.6 is 0 Å². The molecule has 0 aromatic rings. The molecule has 2 heterocycles. The molecule has 4 heteroatoms. The number of likely N-dealkylation sites (tertiary alicyclic amines) is 1. The van der Waals surface area contributed by atoms with Crippen LogP contribution < -0.4 is 5.32 Å². The molecule has 21 heavy (non-hydrogen) atoms. The summed E-state index contributed by atoms with van der Waals surface area (Å²) < 4.78 is 5.27. The monoisotopic (exact) mass is 296 g/mol. The van der Waals surface area contributed by atoms with Gasteiger partial charge in [0.25, 0.3) is 0 Å². The molecule has 0 amide bonds. The number of nitrogens with zero attached hydrogens (tertiary/aromatic N) is 1. The summed E-state index contributed by atoms with van der Waals surface area (Å²) in [5, 5.41) is 13.2. The largest absolute Gasteiger partial charge is 0.396 e. The number of aliphatic hydroxyl groups is 1. The molecule has 2 atom stereocenters. The molecule has 2 saturated heterocycles. The Hall–Kier alpha value is -0.160. The van der Waals surface area contributed by atoms with Crippen LogP contribution in [0.4, 0.5) is 0 Å². The van der Waals surface area contributed by atoms with Gasteiger partial charge in [0.15, 0.2) is 0 Å². The summed E-state index contributed by atoms with van der Waals surface area (Å²) in [5.74, 6) is 0.882. The van der Waals surface area contributed by atoms with Crippen molar-refractivity contribution < 1.29 is 9.84 Å². The van der Waals surface area contributed by atoms with Gasteiger partial charge in [-0.15, -0.1) is 0 Å². The topological polar surface area (TPSA) is 44.7 Å². The zero-order chi connectivity index (χ0) is 14.7. The maximum Gasteiger partial charge on any atom is 0.0579 e. The van der Waals surface area contributed by atoms with Gasteiger partial charge in [-0.25, -0.2) is 0 Å². The van der Waals surface area contributed by atoms with Crippen LogP contribution in [-0.4, -0.2) is 61.5 Å². The highest BCUT2D eigenvalue weighted by atomic mass is 16.5. The van der Waals surface area contributed by atoms with Crippen LogP contribution in [0.25, 0.3) is 0 Å². The van der Waals surface area contributed by atoms with E-state index in [1.54, 1.807) is 0 Å². The molecular weight excluding hydrogens is 264 g/mol. The van der Waals surface area contributed by atoms with Gasteiger partial charge in [-0.2, -0.15) is 0 Å². The third-order valence-electron chi connectivity index (χ3n) is 5.98. The molecule has 0 radical (unpaired) electrons. The number of piperidine rings is 1. The highest BCUT2D eigenvalue weighted by molar-refractivity contribution is 4.90. The van der Waals surface area contributed by atoms with Crippen LogP contribution in [0.3, 0.4) is 0 Å². The Morgan fingerprint density at radius 1 is 1.14 bits per heavy atom. The number of hydrogen-bond acceptors (Lipinski definition) is 4. The lowest BCUT2D eigenvalue weighted by Gasteiger charge is -2.44. The van der Waals surface area contributed by atoms with Crippen molar-refractivity contribution in [3.05, 3.63) is 0 Å². The van der Waals surface area contributed by atoms with Gasteiger partial charge in [0.05, 0.1) is 25.2 Å². The standard InChI is InChI=1S/C17H32N2O2/c1-14-4-2-3-5-16(14)19-8-6-15(7-9-19)18-10-17(11-20)12-21-13-17/h14-16,18,20H,2-13H2,1H3. The molecule has 122 valence electrons. The molecule has 1 aliphatic carbocycles. The molecule has 1 saturated carbocycles. The number of aliphatic hydroxyl groups excluding tert-OH is 1. The first-order valence-electron chi connectivity index (χ1n) is 8.88. The van der Waals surface area contributed by atoms with Crippen LogP contribution in [0.1, 0.15) is 45.4 Å². The van der Waals surface area contributed by atoms with E-state index in [0.717, 1.165) is 31.7 Å². The zero-order valence-electron chi connectivity index (χ0n) is 13.5. The SMILES string of the molecule is CC1CCCCC1N1CCC(NCC2(CO)COC2)CC1. The summed E-state index contributed by atoms with van der Waals surface area (Å²) in [6, 6.07) is 1.47. The number of rotatable bonds is 5. The molecule has 2 aliphatic heterocycles. The average Bonchev–Trinajstić information content (AvgIpc) is 2.48. The second-order valence-corrected chi connectivity index (χ2v) is 7.67. The van der Waals surface area contributed by atoms with Gasteiger partial charge in [0, 0.05) is 18.6 Å². The second-order valence-electron chi connectivity index (χ2n) is 7.67. The molecule has 3 fully saturated rings. The third-order valence-corrected chi connectivity index (χ3v) is 5.98. The third kappa shape index (κ3) is 3.61. The summed E-state index contributed by atoms with van der Waals surface area (Å²) >= 11 is 0. The lowest BCUT2D eigenvalue weighted by atomic mass is 9.83. The molecule has 0 aromatic carbocycles. The molecule has 0 spiro atoms. The molecule has 3 aliphatic rings. The van der Waals surface area contributed by atoms with Crippen molar-refractivity contribution in [1.29, 1.82) is 0 Å².